The van der Waals surface area contributed by atoms with Crippen molar-refractivity contribution >= 4 is 25.0 Å². The summed E-state index contributed by atoms with van der Waals surface area (Å²) in [6, 6.07) is 21.3. The molecule has 0 saturated carbocycles. The van der Waals surface area contributed by atoms with E-state index in [0.29, 0.717) is 13.0 Å². The number of rotatable bonds is 6. The fourth-order valence-electron chi connectivity index (χ4n) is 4.18. The van der Waals surface area contributed by atoms with Gasteiger partial charge in [0.05, 0.1) is 12.2 Å². The molecule has 0 aliphatic carbocycles. The SMILES string of the molecule is CC(C)(C)[Si](O[C@@H]1CCCO[C@@H]1CC=O)(c1ccccc1)c1ccccc1. The lowest BCUT2D eigenvalue weighted by atomic mass is 10.0. The quantitative estimate of drug-likeness (QED) is 0.564. The van der Waals surface area contributed by atoms with Crippen molar-refractivity contribution in [1.82, 2.24) is 0 Å². The second-order valence-corrected chi connectivity index (χ2v) is 12.5. The molecule has 144 valence electrons. The monoisotopic (exact) mass is 382 g/mol. The first-order valence-electron chi connectivity index (χ1n) is 9.83. The number of hydrogen-bond acceptors (Lipinski definition) is 3. The van der Waals surface area contributed by atoms with Gasteiger partial charge in [-0.15, -0.1) is 0 Å². The van der Waals surface area contributed by atoms with Gasteiger partial charge in [-0.2, -0.15) is 0 Å². The first-order chi connectivity index (χ1) is 13.0. The average molecular weight is 383 g/mol. The second-order valence-electron chi connectivity index (χ2n) is 8.27. The molecule has 1 aliphatic heterocycles. The molecule has 0 aromatic heterocycles. The van der Waals surface area contributed by atoms with Crippen LogP contribution in [0.1, 0.15) is 40.0 Å². The van der Waals surface area contributed by atoms with E-state index in [1.807, 2.05) is 0 Å². The Bertz CT molecular complexity index is 685. The van der Waals surface area contributed by atoms with Crippen LogP contribution in [0.5, 0.6) is 0 Å². The topological polar surface area (TPSA) is 35.5 Å². The fraction of sp³-hybridized carbons (Fsp3) is 0.435. The van der Waals surface area contributed by atoms with E-state index in [1.54, 1.807) is 0 Å². The zero-order valence-electron chi connectivity index (χ0n) is 16.6. The number of ether oxygens (including phenoxy) is 1. The number of benzene rings is 2. The highest BCUT2D eigenvalue weighted by molar-refractivity contribution is 6.99. The number of hydrogen-bond donors (Lipinski definition) is 0. The molecule has 0 radical (unpaired) electrons. The Kier molecular flexibility index (Phi) is 6.30. The molecule has 1 aliphatic rings. The Balaban J connectivity index is 2.13. The van der Waals surface area contributed by atoms with Crippen LogP contribution < -0.4 is 10.4 Å². The van der Waals surface area contributed by atoms with E-state index in [0.717, 1.165) is 19.1 Å². The molecule has 1 heterocycles. The Morgan fingerprint density at radius 1 is 1.04 bits per heavy atom. The van der Waals surface area contributed by atoms with Crippen molar-refractivity contribution in [3.63, 3.8) is 0 Å². The van der Waals surface area contributed by atoms with Crippen molar-refractivity contribution in [2.75, 3.05) is 6.61 Å². The molecule has 0 N–H and O–H groups in total. The van der Waals surface area contributed by atoms with E-state index in [-0.39, 0.29) is 17.2 Å². The molecule has 1 fully saturated rings. The zero-order valence-corrected chi connectivity index (χ0v) is 17.6. The maximum absolute atomic E-state index is 11.2. The van der Waals surface area contributed by atoms with Crippen LogP contribution in [-0.2, 0) is 14.0 Å². The summed E-state index contributed by atoms with van der Waals surface area (Å²) in [5.41, 5.74) is 0. The molecular formula is C23H30O3Si. The van der Waals surface area contributed by atoms with Crippen LogP contribution in [0.2, 0.25) is 5.04 Å². The first kappa shape index (κ1) is 20.0. The van der Waals surface area contributed by atoms with Crippen molar-refractivity contribution < 1.29 is 14.0 Å². The lowest BCUT2D eigenvalue weighted by Gasteiger charge is -2.47. The standard InChI is InChI=1S/C23H30O3Si/c1-23(2,3)27(19-11-6-4-7-12-19,20-13-8-5-9-14-20)26-22-15-10-18-25-21(22)16-17-24/h4-9,11-14,17,21-22H,10,15-16,18H2,1-3H3/t21-,22-/m1/s1. The zero-order chi connectivity index (χ0) is 19.3. The van der Waals surface area contributed by atoms with Crippen LogP contribution in [0.25, 0.3) is 0 Å². The van der Waals surface area contributed by atoms with Gasteiger partial charge in [0.1, 0.15) is 6.29 Å². The van der Waals surface area contributed by atoms with E-state index in [2.05, 4.69) is 81.4 Å². The number of carbonyl (C=O) groups excluding carboxylic acids is 1. The lowest BCUT2D eigenvalue weighted by molar-refractivity contribution is -0.116. The summed E-state index contributed by atoms with van der Waals surface area (Å²) in [4.78, 5) is 11.2. The van der Waals surface area contributed by atoms with Crippen LogP contribution in [0, 0.1) is 0 Å². The summed E-state index contributed by atoms with van der Waals surface area (Å²) >= 11 is 0. The Hall–Kier alpha value is -1.75. The summed E-state index contributed by atoms with van der Waals surface area (Å²) in [5.74, 6) is 0. The molecule has 3 nitrogen and oxygen atoms in total. The van der Waals surface area contributed by atoms with E-state index in [1.165, 1.54) is 10.4 Å². The van der Waals surface area contributed by atoms with Crippen molar-refractivity contribution in [1.29, 1.82) is 0 Å². The first-order valence-corrected chi connectivity index (χ1v) is 11.7. The molecule has 0 bridgehead atoms. The van der Waals surface area contributed by atoms with Gasteiger partial charge in [0.25, 0.3) is 8.32 Å². The summed E-state index contributed by atoms with van der Waals surface area (Å²) in [5, 5.41) is 2.46. The van der Waals surface area contributed by atoms with E-state index < -0.39 is 8.32 Å². The van der Waals surface area contributed by atoms with Gasteiger partial charge in [-0.05, 0) is 28.3 Å². The van der Waals surface area contributed by atoms with Gasteiger partial charge in [0, 0.05) is 13.0 Å². The highest BCUT2D eigenvalue weighted by atomic mass is 28.4. The van der Waals surface area contributed by atoms with Gasteiger partial charge < -0.3 is 14.0 Å². The minimum atomic E-state index is -2.60. The largest absolute Gasteiger partial charge is 0.402 e. The molecule has 0 amide bonds. The summed E-state index contributed by atoms with van der Waals surface area (Å²) in [6.07, 6.45) is 3.04. The van der Waals surface area contributed by atoms with Crippen molar-refractivity contribution in [2.24, 2.45) is 0 Å². The minimum absolute atomic E-state index is 0.0600. The van der Waals surface area contributed by atoms with Gasteiger partial charge in [-0.25, -0.2) is 0 Å². The van der Waals surface area contributed by atoms with Gasteiger partial charge in [-0.3, -0.25) is 0 Å². The van der Waals surface area contributed by atoms with E-state index in [4.69, 9.17) is 9.16 Å². The van der Waals surface area contributed by atoms with Crippen molar-refractivity contribution in [3.8, 4) is 0 Å². The maximum atomic E-state index is 11.2. The summed E-state index contributed by atoms with van der Waals surface area (Å²) < 4.78 is 13.1. The van der Waals surface area contributed by atoms with Crippen LogP contribution in [0.3, 0.4) is 0 Å². The Labute approximate surface area is 163 Å². The third-order valence-electron chi connectivity index (χ3n) is 5.45. The normalized spacial score (nSPS) is 21.0. The van der Waals surface area contributed by atoms with Crippen molar-refractivity contribution in [2.45, 2.75) is 57.3 Å². The molecule has 4 heteroatoms. The second kappa shape index (κ2) is 8.51. The van der Waals surface area contributed by atoms with Gasteiger partial charge in [-0.1, -0.05) is 81.4 Å². The van der Waals surface area contributed by atoms with Crippen LogP contribution in [-0.4, -0.2) is 33.4 Å². The van der Waals surface area contributed by atoms with E-state index >= 15 is 0 Å². The van der Waals surface area contributed by atoms with E-state index in [9.17, 15) is 4.79 Å². The van der Waals surface area contributed by atoms with Crippen LogP contribution >= 0.6 is 0 Å². The third kappa shape index (κ3) is 4.08. The molecule has 27 heavy (non-hydrogen) atoms. The number of aldehydes is 1. The minimum Gasteiger partial charge on any atom is -0.402 e. The smallest absolute Gasteiger partial charge is 0.261 e. The number of carbonyl (C=O) groups is 1. The highest BCUT2D eigenvalue weighted by Crippen LogP contribution is 2.39. The van der Waals surface area contributed by atoms with Crippen LogP contribution in [0.15, 0.2) is 60.7 Å². The predicted molar refractivity (Wildman–Crippen MR) is 112 cm³/mol. The van der Waals surface area contributed by atoms with Gasteiger partial charge >= 0.3 is 0 Å². The average Bonchev–Trinajstić information content (AvgIpc) is 2.68. The fourth-order valence-corrected chi connectivity index (χ4v) is 8.92. The Morgan fingerprint density at radius 2 is 1.59 bits per heavy atom. The maximum Gasteiger partial charge on any atom is 0.261 e. The molecule has 2 aromatic carbocycles. The molecular weight excluding hydrogens is 352 g/mol. The van der Waals surface area contributed by atoms with Crippen molar-refractivity contribution in [3.05, 3.63) is 60.7 Å². The van der Waals surface area contributed by atoms with Gasteiger partial charge in [0.2, 0.25) is 0 Å². The molecule has 3 rings (SSSR count). The Morgan fingerprint density at radius 3 is 2.07 bits per heavy atom. The summed E-state index contributed by atoms with van der Waals surface area (Å²) in [7, 11) is -2.60. The molecule has 2 aromatic rings. The molecule has 1 saturated heterocycles. The summed E-state index contributed by atoms with van der Waals surface area (Å²) in [6.45, 7) is 7.53. The molecule has 0 unspecified atom stereocenters. The molecule has 0 spiro atoms. The van der Waals surface area contributed by atoms with Gasteiger partial charge in [0.15, 0.2) is 0 Å². The lowest BCUT2D eigenvalue weighted by Crippen LogP contribution is -2.68. The predicted octanol–water partition coefficient (Wildman–Crippen LogP) is 3.70. The molecule has 2 atom stereocenters. The third-order valence-corrected chi connectivity index (χ3v) is 10.5. The van der Waals surface area contributed by atoms with Crippen LogP contribution in [0.4, 0.5) is 0 Å². The highest BCUT2D eigenvalue weighted by Gasteiger charge is 2.52.